The molecule has 0 aliphatic heterocycles. The first-order valence-corrected chi connectivity index (χ1v) is 7.30. The Hall–Kier alpha value is -2.86. The summed E-state index contributed by atoms with van der Waals surface area (Å²) in [6, 6.07) is 20.8. The van der Waals surface area contributed by atoms with Gasteiger partial charge in [0.05, 0.1) is 0 Å². The number of nitrogens with zero attached hydrogens (tertiary/aromatic N) is 3. The first kappa shape index (κ1) is 15.2. The van der Waals surface area contributed by atoms with Crippen molar-refractivity contribution in [3.63, 3.8) is 0 Å². The van der Waals surface area contributed by atoms with E-state index in [1.54, 1.807) is 0 Å². The molecule has 0 saturated heterocycles. The maximum Gasteiger partial charge on any atom is 0.366 e. The molecule has 0 bridgehead atoms. The van der Waals surface area contributed by atoms with Gasteiger partial charge in [-0.25, -0.2) is 0 Å². The third-order valence-electron chi connectivity index (χ3n) is 2.30. The maximum absolute atomic E-state index is 10.2. The van der Waals surface area contributed by atoms with Crippen molar-refractivity contribution in [1.29, 1.82) is 15.8 Å². The molecule has 0 saturated carbocycles. The highest BCUT2D eigenvalue weighted by molar-refractivity contribution is 7.77. The number of rotatable bonds is 1. The second-order valence-electron chi connectivity index (χ2n) is 3.64. The molecule has 0 N–H and O–H groups in total. The van der Waals surface area contributed by atoms with E-state index in [0.29, 0.717) is 0 Å². The van der Waals surface area contributed by atoms with Crippen molar-refractivity contribution in [2.24, 2.45) is 0 Å². The summed E-state index contributed by atoms with van der Waals surface area (Å²) in [5.74, 6) is 3.33. The minimum Gasteiger partial charge on any atom is -0.276 e. The summed E-state index contributed by atoms with van der Waals surface area (Å²) in [4.78, 5) is 0. The van der Waals surface area contributed by atoms with Crippen LogP contribution >= 0.6 is 7.14 Å². The predicted molar refractivity (Wildman–Crippen MR) is 76.3 cm³/mol. The molecule has 0 aliphatic carbocycles. The van der Waals surface area contributed by atoms with Crippen molar-refractivity contribution in [3.05, 3.63) is 60.7 Å². The normalized spacial score (nSPS) is 9.05. The summed E-state index contributed by atoms with van der Waals surface area (Å²) in [6.07, 6.45) is 0. The van der Waals surface area contributed by atoms with Crippen LogP contribution in [0.4, 0.5) is 0 Å². The Kier molecular flexibility index (Phi) is 5.74. The molecular weight excluding hydrogens is 269 g/mol. The Labute approximate surface area is 117 Å². The average molecular weight is 279 g/mol. The molecule has 0 atom stereocenters. The number of hydrogen-bond donors (Lipinski definition) is 0. The Morgan fingerprint density at radius 3 is 1.15 bits per heavy atom. The van der Waals surface area contributed by atoms with Gasteiger partial charge in [0.1, 0.15) is 0 Å². The maximum atomic E-state index is 10.2. The molecule has 0 heterocycles. The van der Waals surface area contributed by atoms with E-state index in [-0.39, 0.29) is 0 Å². The topological polar surface area (TPSA) is 88.4 Å². The van der Waals surface area contributed by atoms with Crippen molar-refractivity contribution in [2.45, 2.75) is 0 Å². The average Bonchev–Trinajstić information content (AvgIpc) is 2.56. The van der Waals surface area contributed by atoms with Crippen LogP contribution in [-0.4, -0.2) is 0 Å². The highest BCUT2D eigenvalue weighted by Crippen LogP contribution is 2.40. The lowest BCUT2D eigenvalue weighted by molar-refractivity contribution is 0.593. The Morgan fingerprint density at radius 1 is 0.650 bits per heavy atom. The summed E-state index contributed by atoms with van der Waals surface area (Å²) in [5, 5.41) is 23.5. The summed E-state index contributed by atoms with van der Waals surface area (Å²) < 4.78 is 10.2. The first-order valence-electron chi connectivity index (χ1n) is 5.60. The molecule has 0 spiro atoms. The molecule has 2 rings (SSSR count). The number of benzene rings is 2. The van der Waals surface area contributed by atoms with E-state index >= 15 is 0 Å². The minimum absolute atomic E-state index is 1.11. The lowest BCUT2D eigenvalue weighted by Crippen LogP contribution is -1.73. The second kappa shape index (κ2) is 7.55. The van der Waals surface area contributed by atoms with E-state index in [2.05, 4.69) is 48.5 Å². The van der Waals surface area contributed by atoms with Crippen LogP contribution in [0.2, 0.25) is 0 Å². The predicted octanol–water partition coefficient (Wildman–Crippen LogP) is 4.15. The SMILES string of the molecule is N#CP(=O)(C#N)C#N.c1ccc(-c2ccccc2)cc1. The smallest absolute Gasteiger partial charge is 0.276 e. The van der Waals surface area contributed by atoms with Crippen molar-refractivity contribution in [2.75, 3.05) is 0 Å². The van der Waals surface area contributed by atoms with Gasteiger partial charge in [-0.1, -0.05) is 60.7 Å². The molecule has 0 radical (unpaired) electrons. The van der Waals surface area contributed by atoms with Gasteiger partial charge in [-0.2, -0.15) is 15.8 Å². The van der Waals surface area contributed by atoms with Gasteiger partial charge >= 0.3 is 7.14 Å². The van der Waals surface area contributed by atoms with Crippen LogP contribution in [0.1, 0.15) is 0 Å². The highest BCUT2D eigenvalue weighted by Gasteiger charge is 2.17. The molecule has 5 heteroatoms. The molecule has 2 aromatic rings. The molecule has 20 heavy (non-hydrogen) atoms. The summed E-state index contributed by atoms with van der Waals surface area (Å²) in [6.45, 7) is 0. The van der Waals surface area contributed by atoms with E-state index in [1.165, 1.54) is 11.1 Å². The molecule has 0 amide bonds. The van der Waals surface area contributed by atoms with E-state index < -0.39 is 7.14 Å². The molecule has 96 valence electrons. The molecule has 0 unspecified atom stereocenters. The molecule has 0 aliphatic rings. The van der Waals surface area contributed by atoms with E-state index in [4.69, 9.17) is 15.8 Å². The zero-order valence-corrected chi connectivity index (χ0v) is 11.4. The monoisotopic (exact) mass is 279 g/mol. The number of nitriles is 3. The van der Waals surface area contributed by atoms with Crippen molar-refractivity contribution in [1.82, 2.24) is 0 Å². The van der Waals surface area contributed by atoms with Gasteiger partial charge in [0.25, 0.3) is 0 Å². The molecule has 4 nitrogen and oxygen atoms in total. The van der Waals surface area contributed by atoms with Crippen LogP contribution in [0.15, 0.2) is 60.7 Å². The van der Waals surface area contributed by atoms with Crippen LogP contribution < -0.4 is 0 Å². The fourth-order valence-corrected chi connectivity index (χ4v) is 1.46. The van der Waals surface area contributed by atoms with Crippen molar-refractivity contribution >= 4 is 7.14 Å². The van der Waals surface area contributed by atoms with Gasteiger partial charge in [0.15, 0.2) is 17.4 Å². The Bertz CT molecular complexity index is 641. The van der Waals surface area contributed by atoms with Gasteiger partial charge in [0, 0.05) is 0 Å². The largest absolute Gasteiger partial charge is 0.366 e. The van der Waals surface area contributed by atoms with Gasteiger partial charge in [-0.15, -0.1) is 0 Å². The number of hydrogen-bond acceptors (Lipinski definition) is 4. The molecular formula is C15H10N3OP. The summed E-state index contributed by atoms with van der Waals surface area (Å²) >= 11 is 0. The summed E-state index contributed by atoms with van der Waals surface area (Å²) in [5.41, 5.74) is 2.55. The third kappa shape index (κ3) is 4.43. The van der Waals surface area contributed by atoms with E-state index in [1.807, 2.05) is 12.1 Å². The second-order valence-corrected chi connectivity index (χ2v) is 5.46. The van der Waals surface area contributed by atoms with Gasteiger partial charge < -0.3 is 0 Å². The van der Waals surface area contributed by atoms with Gasteiger partial charge in [-0.3, -0.25) is 4.57 Å². The van der Waals surface area contributed by atoms with Crippen LogP contribution in [-0.2, 0) is 4.57 Å². The van der Waals surface area contributed by atoms with Gasteiger partial charge in [-0.05, 0) is 11.1 Å². The first-order chi connectivity index (χ1) is 9.65. The van der Waals surface area contributed by atoms with E-state index in [9.17, 15) is 4.57 Å². The van der Waals surface area contributed by atoms with Crippen LogP contribution in [0.3, 0.4) is 0 Å². The standard InChI is InChI=1S/C12H10.C3N3OP/c1-3-7-11(8-4-1)12-9-5-2-6-10-12;4-1-8(7,2-5)3-6/h1-10H;. The zero-order chi connectivity index (χ0) is 14.8. The fraction of sp³-hybridized carbons (Fsp3) is 0. The van der Waals surface area contributed by atoms with Crippen molar-refractivity contribution in [3.8, 4) is 28.6 Å². The lowest BCUT2D eigenvalue weighted by atomic mass is 10.1. The van der Waals surface area contributed by atoms with Gasteiger partial charge in [0.2, 0.25) is 0 Å². The lowest BCUT2D eigenvalue weighted by Gasteiger charge is -1.98. The fourth-order valence-electron chi connectivity index (χ4n) is 1.33. The summed E-state index contributed by atoms with van der Waals surface area (Å²) in [7, 11) is -3.75. The Morgan fingerprint density at radius 2 is 0.950 bits per heavy atom. The highest BCUT2D eigenvalue weighted by atomic mass is 31.2. The van der Waals surface area contributed by atoms with Crippen LogP contribution in [0.5, 0.6) is 0 Å². The zero-order valence-electron chi connectivity index (χ0n) is 10.5. The van der Waals surface area contributed by atoms with E-state index in [0.717, 1.165) is 17.4 Å². The van der Waals surface area contributed by atoms with Crippen molar-refractivity contribution < 1.29 is 4.57 Å². The van der Waals surface area contributed by atoms with Crippen LogP contribution in [0.25, 0.3) is 11.1 Å². The molecule has 0 fully saturated rings. The molecule has 2 aromatic carbocycles. The minimum atomic E-state index is -3.75. The third-order valence-corrected chi connectivity index (χ3v) is 3.15. The molecule has 0 aromatic heterocycles. The Balaban J connectivity index is 0.000000221. The quantitative estimate of drug-likeness (QED) is 0.733. The van der Waals surface area contributed by atoms with Crippen LogP contribution in [0, 0.1) is 33.2 Å².